The van der Waals surface area contributed by atoms with Crippen LogP contribution in [0, 0.1) is 0 Å². The summed E-state index contributed by atoms with van der Waals surface area (Å²) in [4.78, 5) is 25.1. The first kappa shape index (κ1) is 17.4. The molecule has 1 amide bonds. The number of thioether (sulfide) groups is 1. The molecule has 7 heteroatoms. The lowest BCUT2D eigenvalue weighted by Gasteiger charge is -2.12. The molecular formula is C18H15NO4S2. The molecule has 2 aromatic carbocycles. The van der Waals surface area contributed by atoms with E-state index in [4.69, 9.17) is 22.1 Å². The van der Waals surface area contributed by atoms with Crippen LogP contribution in [-0.2, 0) is 9.59 Å². The Balaban J connectivity index is 2.01. The van der Waals surface area contributed by atoms with Crippen molar-refractivity contribution in [2.45, 2.75) is 6.42 Å². The highest BCUT2D eigenvalue weighted by atomic mass is 32.2. The molecule has 0 aromatic heterocycles. The molecule has 0 bridgehead atoms. The molecule has 0 atom stereocenters. The van der Waals surface area contributed by atoms with Gasteiger partial charge in [0.25, 0.3) is 5.91 Å². The van der Waals surface area contributed by atoms with Gasteiger partial charge in [0, 0.05) is 12.1 Å². The molecule has 0 aliphatic carbocycles. The van der Waals surface area contributed by atoms with Gasteiger partial charge >= 0.3 is 5.97 Å². The second-order valence-electron chi connectivity index (χ2n) is 5.38. The number of rotatable bonds is 5. The van der Waals surface area contributed by atoms with Crippen LogP contribution in [-0.4, -0.2) is 39.9 Å². The van der Waals surface area contributed by atoms with Gasteiger partial charge in [0.1, 0.15) is 10.1 Å². The van der Waals surface area contributed by atoms with Gasteiger partial charge < -0.3 is 9.84 Å². The van der Waals surface area contributed by atoms with E-state index in [2.05, 4.69) is 0 Å². The van der Waals surface area contributed by atoms with Gasteiger partial charge in [0.05, 0.1) is 18.4 Å². The Morgan fingerprint density at radius 3 is 2.80 bits per heavy atom. The number of carboxylic acid groups (broad SMARTS) is 1. The number of nitrogens with zero attached hydrogens (tertiary/aromatic N) is 1. The van der Waals surface area contributed by atoms with Gasteiger partial charge in [0.15, 0.2) is 0 Å². The Morgan fingerprint density at radius 1 is 1.32 bits per heavy atom. The van der Waals surface area contributed by atoms with Crippen LogP contribution in [0.15, 0.2) is 41.3 Å². The molecule has 0 radical (unpaired) electrons. The second-order valence-corrected chi connectivity index (χ2v) is 7.06. The summed E-state index contributed by atoms with van der Waals surface area (Å²) in [5.41, 5.74) is 0.805. The molecule has 0 unspecified atom stereocenters. The number of fused-ring (bicyclic) bond motifs is 1. The van der Waals surface area contributed by atoms with E-state index in [1.165, 1.54) is 16.7 Å². The average molecular weight is 373 g/mol. The third-order valence-electron chi connectivity index (χ3n) is 3.85. The van der Waals surface area contributed by atoms with E-state index in [1.54, 1.807) is 13.2 Å². The fourth-order valence-corrected chi connectivity index (χ4v) is 3.92. The number of hydrogen-bond donors (Lipinski definition) is 1. The molecule has 1 saturated heterocycles. The molecule has 1 N–H and O–H groups in total. The molecule has 3 rings (SSSR count). The maximum Gasteiger partial charge on any atom is 0.305 e. The third kappa shape index (κ3) is 3.52. The van der Waals surface area contributed by atoms with Crippen LogP contribution in [0.4, 0.5) is 0 Å². The number of carbonyl (C=O) groups excluding carboxylic acids is 1. The fourth-order valence-electron chi connectivity index (χ4n) is 2.63. The van der Waals surface area contributed by atoms with E-state index in [1.807, 2.05) is 36.4 Å². The smallest absolute Gasteiger partial charge is 0.305 e. The number of methoxy groups -OCH3 is 1. The largest absolute Gasteiger partial charge is 0.496 e. The van der Waals surface area contributed by atoms with E-state index in [9.17, 15) is 9.59 Å². The van der Waals surface area contributed by atoms with Crippen LogP contribution in [0.25, 0.3) is 16.8 Å². The molecule has 0 saturated carbocycles. The molecule has 1 aliphatic rings. The van der Waals surface area contributed by atoms with Crippen molar-refractivity contribution in [2.75, 3.05) is 13.7 Å². The maximum atomic E-state index is 12.6. The minimum atomic E-state index is -0.964. The number of hydrogen-bond acceptors (Lipinski definition) is 5. The van der Waals surface area contributed by atoms with Gasteiger partial charge in [-0.1, -0.05) is 54.3 Å². The molecule has 1 aliphatic heterocycles. The van der Waals surface area contributed by atoms with Gasteiger partial charge in [0.2, 0.25) is 0 Å². The van der Waals surface area contributed by atoms with Crippen molar-refractivity contribution in [3.63, 3.8) is 0 Å². The zero-order valence-corrected chi connectivity index (χ0v) is 15.0. The molecular weight excluding hydrogens is 358 g/mol. The van der Waals surface area contributed by atoms with Gasteiger partial charge in [-0.15, -0.1) is 0 Å². The summed E-state index contributed by atoms with van der Waals surface area (Å²) >= 11 is 6.40. The number of thiocarbonyl (C=S) groups is 1. The van der Waals surface area contributed by atoms with E-state index in [-0.39, 0.29) is 18.9 Å². The Morgan fingerprint density at radius 2 is 2.08 bits per heavy atom. The van der Waals surface area contributed by atoms with Crippen LogP contribution in [0.2, 0.25) is 0 Å². The Hall–Kier alpha value is -2.38. The van der Waals surface area contributed by atoms with Crippen molar-refractivity contribution in [2.24, 2.45) is 0 Å². The fraction of sp³-hybridized carbons (Fsp3) is 0.167. The summed E-state index contributed by atoms with van der Waals surface area (Å²) in [6.07, 6.45) is 1.62. The first-order valence-electron chi connectivity index (χ1n) is 7.54. The normalized spacial score (nSPS) is 16.0. The topological polar surface area (TPSA) is 66.8 Å². The Labute approximate surface area is 154 Å². The molecule has 5 nitrogen and oxygen atoms in total. The lowest BCUT2D eigenvalue weighted by molar-refractivity contribution is -0.137. The zero-order chi connectivity index (χ0) is 18.0. The number of ether oxygens (including phenoxy) is 1. The van der Waals surface area contributed by atoms with Crippen LogP contribution >= 0.6 is 24.0 Å². The molecule has 1 heterocycles. The minimum Gasteiger partial charge on any atom is -0.496 e. The van der Waals surface area contributed by atoms with Crippen LogP contribution in [0.3, 0.4) is 0 Å². The van der Waals surface area contributed by atoms with Crippen LogP contribution in [0.5, 0.6) is 5.75 Å². The van der Waals surface area contributed by atoms with Crippen molar-refractivity contribution in [1.82, 2.24) is 4.90 Å². The van der Waals surface area contributed by atoms with Crippen molar-refractivity contribution < 1.29 is 19.4 Å². The van der Waals surface area contributed by atoms with Gasteiger partial charge in [-0.05, 0) is 22.9 Å². The van der Waals surface area contributed by atoms with E-state index in [0.717, 1.165) is 16.3 Å². The van der Waals surface area contributed by atoms with Crippen molar-refractivity contribution in [3.8, 4) is 5.75 Å². The first-order valence-corrected chi connectivity index (χ1v) is 8.76. The van der Waals surface area contributed by atoms with E-state index in [0.29, 0.717) is 15.0 Å². The molecule has 128 valence electrons. The van der Waals surface area contributed by atoms with Gasteiger partial charge in [-0.2, -0.15) is 0 Å². The lowest BCUT2D eigenvalue weighted by atomic mass is 10.0. The quantitative estimate of drug-likeness (QED) is 0.639. The average Bonchev–Trinajstić information content (AvgIpc) is 2.86. The van der Waals surface area contributed by atoms with E-state index < -0.39 is 5.97 Å². The molecule has 25 heavy (non-hydrogen) atoms. The number of carboxylic acids is 1. The van der Waals surface area contributed by atoms with Crippen LogP contribution < -0.4 is 4.74 Å². The summed E-state index contributed by atoms with van der Waals surface area (Å²) < 4.78 is 5.81. The zero-order valence-electron chi connectivity index (χ0n) is 13.4. The summed E-state index contributed by atoms with van der Waals surface area (Å²) in [6.45, 7) is 0.0734. The predicted molar refractivity (Wildman–Crippen MR) is 103 cm³/mol. The number of benzene rings is 2. The summed E-state index contributed by atoms with van der Waals surface area (Å²) in [5.74, 6) is -0.575. The molecule has 1 fully saturated rings. The predicted octanol–water partition coefficient (Wildman–Crippen LogP) is 3.52. The van der Waals surface area contributed by atoms with Gasteiger partial charge in [-0.25, -0.2) is 0 Å². The first-order chi connectivity index (χ1) is 12.0. The monoisotopic (exact) mass is 373 g/mol. The highest BCUT2D eigenvalue weighted by Crippen LogP contribution is 2.36. The summed E-state index contributed by atoms with van der Waals surface area (Å²) in [5, 5.41) is 10.8. The summed E-state index contributed by atoms with van der Waals surface area (Å²) in [7, 11) is 1.58. The SMILES string of the molecule is COc1ccc2ccccc2c1/C=C1\SC(=S)N(CCC(=O)O)C1=O. The number of aliphatic carboxylic acids is 1. The second kappa shape index (κ2) is 7.25. The highest BCUT2D eigenvalue weighted by molar-refractivity contribution is 8.26. The Bertz CT molecular complexity index is 907. The third-order valence-corrected chi connectivity index (χ3v) is 5.23. The van der Waals surface area contributed by atoms with Gasteiger partial charge in [-0.3, -0.25) is 14.5 Å². The van der Waals surface area contributed by atoms with Crippen molar-refractivity contribution in [3.05, 3.63) is 46.9 Å². The van der Waals surface area contributed by atoms with Crippen LogP contribution in [0.1, 0.15) is 12.0 Å². The molecule has 2 aromatic rings. The standard InChI is InChI=1S/C18H15NO4S2/c1-23-14-7-6-11-4-2-3-5-12(11)13(14)10-15-17(22)19(18(24)25-15)9-8-16(20)21/h2-7,10H,8-9H2,1H3,(H,20,21)/b15-10-. The van der Waals surface area contributed by atoms with E-state index >= 15 is 0 Å². The molecule has 0 spiro atoms. The highest BCUT2D eigenvalue weighted by Gasteiger charge is 2.32. The number of amides is 1. The lowest BCUT2D eigenvalue weighted by Crippen LogP contribution is -2.30. The maximum absolute atomic E-state index is 12.6. The van der Waals surface area contributed by atoms with Crippen molar-refractivity contribution in [1.29, 1.82) is 0 Å². The Kier molecular flexibility index (Phi) is 5.06. The number of carbonyl (C=O) groups is 2. The van der Waals surface area contributed by atoms with Crippen molar-refractivity contribution >= 4 is 57.0 Å². The minimum absolute atomic E-state index is 0.0734. The summed E-state index contributed by atoms with van der Waals surface area (Å²) in [6, 6.07) is 11.7.